The largest absolute Gasteiger partial charge is 0.507 e. The van der Waals surface area contributed by atoms with E-state index in [-0.39, 0.29) is 18.2 Å². The van der Waals surface area contributed by atoms with Crippen LogP contribution < -0.4 is 10.1 Å². The Morgan fingerprint density at radius 1 is 1.14 bits per heavy atom. The van der Waals surface area contributed by atoms with Crippen molar-refractivity contribution in [2.75, 3.05) is 20.2 Å². The van der Waals surface area contributed by atoms with E-state index in [9.17, 15) is 9.90 Å². The molecule has 1 saturated carbocycles. The molecule has 4 rings (SSSR count). The van der Waals surface area contributed by atoms with E-state index in [1.165, 1.54) is 30.4 Å². The van der Waals surface area contributed by atoms with E-state index in [4.69, 9.17) is 4.74 Å². The molecule has 0 atom stereocenters. The minimum atomic E-state index is -0.113. The summed E-state index contributed by atoms with van der Waals surface area (Å²) in [7, 11) is 1.56. The topological polar surface area (TPSA) is 61.8 Å². The highest BCUT2D eigenvalue weighted by molar-refractivity contribution is 5.94. The first-order valence-electron chi connectivity index (χ1n) is 10.1. The zero-order valence-electron chi connectivity index (χ0n) is 16.4. The van der Waals surface area contributed by atoms with Crippen LogP contribution >= 0.6 is 0 Å². The maximum absolute atomic E-state index is 12.6. The number of hydrogen-bond acceptors (Lipinski definition) is 4. The lowest BCUT2D eigenvalue weighted by molar-refractivity contribution is 0.0950. The first kappa shape index (κ1) is 18.8. The molecule has 1 aliphatic carbocycles. The molecule has 2 aromatic carbocycles. The van der Waals surface area contributed by atoms with Gasteiger partial charge in [0.25, 0.3) is 5.91 Å². The minimum absolute atomic E-state index is 0.113. The number of phenols is 1. The van der Waals surface area contributed by atoms with Crippen LogP contribution in [-0.2, 0) is 19.4 Å². The van der Waals surface area contributed by atoms with Crippen LogP contribution in [0.2, 0.25) is 0 Å². The molecule has 1 amide bonds. The maximum atomic E-state index is 12.6. The first-order chi connectivity index (χ1) is 13.6. The van der Waals surface area contributed by atoms with Crippen LogP contribution in [-0.4, -0.2) is 42.2 Å². The van der Waals surface area contributed by atoms with E-state index in [2.05, 4.69) is 16.3 Å². The lowest BCUT2D eigenvalue weighted by atomic mass is 9.91. The van der Waals surface area contributed by atoms with E-state index in [1.807, 2.05) is 12.1 Å². The summed E-state index contributed by atoms with van der Waals surface area (Å²) in [5.74, 6) is 0.602. The molecule has 2 N–H and O–H groups in total. The average molecular weight is 380 g/mol. The molecule has 0 spiro atoms. The zero-order chi connectivity index (χ0) is 19.5. The number of carbonyl (C=O) groups excluding carboxylic acids is 1. The third kappa shape index (κ3) is 3.99. The molecule has 28 heavy (non-hydrogen) atoms. The number of phenolic OH excluding ortho intramolecular Hbond substituents is 1. The number of nitrogens with zero attached hydrogens (tertiary/aromatic N) is 1. The number of fused-ring (bicyclic) bond motifs is 1. The van der Waals surface area contributed by atoms with Crippen LogP contribution in [0.15, 0.2) is 36.4 Å². The summed E-state index contributed by atoms with van der Waals surface area (Å²) in [6.07, 6.45) is 6.10. The van der Waals surface area contributed by atoms with Gasteiger partial charge in [-0.15, -0.1) is 0 Å². The summed E-state index contributed by atoms with van der Waals surface area (Å²) in [4.78, 5) is 15.2. The number of hydrogen-bond donors (Lipinski definition) is 2. The van der Waals surface area contributed by atoms with Gasteiger partial charge >= 0.3 is 0 Å². The number of ether oxygens (including phenoxy) is 1. The van der Waals surface area contributed by atoms with Crippen molar-refractivity contribution < 1.29 is 14.6 Å². The summed E-state index contributed by atoms with van der Waals surface area (Å²) in [5, 5.41) is 13.0. The van der Waals surface area contributed by atoms with Gasteiger partial charge in [-0.1, -0.05) is 12.5 Å². The first-order valence-corrected chi connectivity index (χ1v) is 10.1. The molecule has 2 aromatic rings. The van der Waals surface area contributed by atoms with Gasteiger partial charge in [0, 0.05) is 42.9 Å². The van der Waals surface area contributed by atoms with Crippen LogP contribution in [0.3, 0.4) is 0 Å². The molecule has 1 heterocycles. The van der Waals surface area contributed by atoms with Gasteiger partial charge in [0.2, 0.25) is 0 Å². The number of rotatable bonds is 5. The third-order valence-corrected chi connectivity index (χ3v) is 6.13. The predicted octanol–water partition coefficient (Wildman–Crippen LogP) is 3.28. The fourth-order valence-corrected chi connectivity index (χ4v) is 4.10. The molecule has 5 heteroatoms. The zero-order valence-corrected chi connectivity index (χ0v) is 16.4. The van der Waals surface area contributed by atoms with Crippen molar-refractivity contribution >= 4 is 5.91 Å². The van der Waals surface area contributed by atoms with Crippen LogP contribution in [0.25, 0.3) is 0 Å². The number of aromatic hydroxyl groups is 1. The highest BCUT2D eigenvalue weighted by Gasteiger charge is 2.26. The molecule has 2 aliphatic rings. The second-order valence-electron chi connectivity index (χ2n) is 7.78. The van der Waals surface area contributed by atoms with Gasteiger partial charge in [0.1, 0.15) is 11.5 Å². The monoisotopic (exact) mass is 380 g/mol. The van der Waals surface area contributed by atoms with E-state index in [0.717, 1.165) is 32.0 Å². The quantitative estimate of drug-likeness (QED) is 0.836. The van der Waals surface area contributed by atoms with Crippen LogP contribution in [0, 0.1) is 0 Å². The van der Waals surface area contributed by atoms with Gasteiger partial charge < -0.3 is 15.2 Å². The Morgan fingerprint density at radius 2 is 1.93 bits per heavy atom. The molecular formula is C23H28N2O3. The van der Waals surface area contributed by atoms with Crippen LogP contribution in [0.1, 0.15) is 46.3 Å². The lowest BCUT2D eigenvalue weighted by Crippen LogP contribution is -2.41. The standard InChI is InChI=1S/C23H28N2O3/c1-28-21-8-7-19(22(26)14-21)15-24-23(27)18-6-5-16-9-11-25(20-3-2-4-20)12-10-17(16)13-18/h5-8,13-14,20,26H,2-4,9-12,15H2,1H3,(H,24,27). The average Bonchev–Trinajstić information content (AvgIpc) is 2.87. The van der Waals surface area contributed by atoms with Gasteiger partial charge in [-0.05, 0) is 61.1 Å². The second-order valence-corrected chi connectivity index (χ2v) is 7.78. The highest BCUT2D eigenvalue weighted by Crippen LogP contribution is 2.28. The number of methoxy groups -OCH3 is 1. The van der Waals surface area contributed by atoms with Crippen LogP contribution in [0.5, 0.6) is 11.5 Å². The molecule has 0 saturated heterocycles. The van der Waals surface area contributed by atoms with Crippen LogP contribution in [0.4, 0.5) is 0 Å². The molecule has 0 unspecified atom stereocenters. The molecule has 1 fully saturated rings. The van der Waals surface area contributed by atoms with Gasteiger partial charge in [0.15, 0.2) is 0 Å². The summed E-state index contributed by atoms with van der Waals surface area (Å²) >= 11 is 0. The number of carbonyl (C=O) groups is 1. The minimum Gasteiger partial charge on any atom is -0.507 e. The van der Waals surface area contributed by atoms with Crippen molar-refractivity contribution in [3.63, 3.8) is 0 Å². The molecular weight excluding hydrogens is 352 g/mol. The number of benzene rings is 2. The Morgan fingerprint density at radius 3 is 2.61 bits per heavy atom. The van der Waals surface area contributed by atoms with Crippen molar-refractivity contribution in [3.8, 4) is 11.5 Å². The fraction of sp³-hybridized carbons (Fsp3) is 0.435. The van der Waals surface area contributed by atoms with Crippen molar-refractivity contribution in [3.05, 3.63) is 58.7 Å². The van der Waals surface area contributed by atoms with E-state index < -0.39 is 0 Å². The fourth-order valence-electron chi connectivity index (χ4n) is 4.10. The number of nitrogens with one attached hydrogen (secondary N) is 1. The van der Waals surface area contributed by atoms with E-state index in [1.54, 1.807) is 25.3 Å². The van der Waals surface area contributed by atoms with Crippen molar-refractivity contribution in [2.24, 2.45) is 0 Å². The lowest BCUT2D eigenvalue weighted by Gasteiger charge is -2.36. The Balaban J connectivity index is 1.40. The molecule has 148 valence electrons. The van der Waals surface area contributed by atoms with Gasteiger partial charge in [0.05, 0.1) is 7.11 Å². The molecule has 0 aromatic heterocycles. The Kier molecular flexibility index (Phi) is 5.53. The SMILES string of the molecule is COc1ccc(CNC(=O)c2ccc3c(c2)CCN(C2CCC2)CC3)c(O)c1. The summed E-state index contributed by atoms with van der Waals surface area (Å²) in [6, 6.07) is 11.9. The molecule has 0 bridgehead atoms. The van der Waals surface area contributed by atoms with Crippen molar-refractivity contribution in [1.82, 2.24) is 10.2 Å². The van der Waals surface area contributed by atoms with Crippen molar-refractivity contribution in [1.29, 1.82) is 0 Å². The Bertz CT molecular complexity index is 861. The summed E-state index contributed by atoms with van der Waals surface area (Å²) in [6.45, 7) is 2.49. The van der Waals surface area contributed by atoms with Gasteiger partial charge in [-0.3, -0.25) is 9.69 Å². The smallest absolute Gasteiger partial charge is 0.251 e. The van der Waals surface area contributed by atoms with Gasteiger partial charge in [-0.2, -0.15) is 0 Å². The molecule has 1 aliphatic heterocycles. The van der Waals surface area contributed by atoms with Crippen molar-refractivity contribution in [2.45, 2.75) is 44.7 Å². The predicted molar refractivity (Wildman–Crippen MR) is 109 cm³/mol. The molecule has 0 radical (unpaired) electrons. The number of amides is 1. The highest BCUT2D eigenvalue weighted by atomic mass is 16.5. The maximum Gasteiger partial charge on any atom is 0.251 e. The molecule has 5 nitrogen and oxygen atoms in total. The van der Waals surface area contributed by atoms with E-state index >= 15 is 0 Å². The Hall–Kier alpha value is -2.53. The summed E-state index contributed by atoms with van der Waals surface area (Å²) in [5.41, 5.74) is 4.01. The van der Waals surface area contributed by atoms with Gasteiger partial charge in [-0.25, -0.2) is 0 Å². The van der Waals surface area contributed by atoms with E-state index in [0.29, 0.717) is 16.9 Å². The second kappa shape index (κ2) is 8.23. The normalized spacial score (nSPS) is 17.3. The Labute approximate surface area is 166 Å². The third-order valence-electron chi connectivity index (χ3n) is 6.13. The summed E-state index contributed by atoms with van der Waals surface area (Å²) < 4.78 is 5.09.